The molecule has 0 fully saturated rings. The fourth-order valence-corrected chi connectivity index (χ4v) is 8.56. The molecule has 10 rings (SSSR count). The third-order valence-corrected chi connectivity index (χ3v) is 11.3. The summed E-state index contributed by atoms with van der Waals surface area (Å²) in [4.78, 5) is 0. The van der Waals surface area contributed by atoms with Crippen molar-refractivity contribution in [2.45, 2.75) is 25.9 Å². The Kier molecular flexibility index (Phi) is 7.10. The lowest BCUT2D eigenvalue weighted by molar-refractivity contribution is -0.137. The minimum absolute atomic E-state index is 0.588. The van der Waals surface area contributed by atoms with E-state index in [2.05, 4.69) is 128 Å². The van der Waals surface area contributed by atoms with Crippen LogP contribution in [0.3, 0.4) is 0 Å². The summed E-state index contributed by atoms with van der Waals surface area (Å²) in [6.45, 7) is 2.19. The Morgan fingerprint density at radius 1 is 0.453 bits per heavy atom. The smallest absolute Gasteiger partial charge is 0.166 e. The zero-order chi connectivity index (χ0) is 35.8. The Balaban J connectivity index is 1.31. The minimum Gasteiger partial charge on any atom is -0.166 e. The van der Waals surface area contributed by atoms with Gasteiger partial charge in [-0.05, 0) is 166 Å². The molecular weight excluding hydrogens is 658 g/mol. The van der Waals surface area contributed by atoms with Crippen molar-refractivity contribution in [1.82, 2.24) is 0 Å². The molecule has 0 unspecified atom stereocenters. The molecule has 0 bridgehead atoms. The fraction of sp³-hybridized carbons (Fsp3) is 0.0800. The zero-order valence-corrected chi connectivity index (χ0v) is 29.1. The molecule has 53 heavy (non-hydrogen) atoms. The molecule has 9 aromatic rings. The second kappa shape index (κ2) is 11.9. The van der Waals surface area contributed by atoms with E-state index in [0.29, 0.717) is 5.39 Å². The molecule has 0 nitrogen and oxygen atoms in total. The van der Waals surface area contributed by atoms with E-state index in [1.807, 2.05) is 18.2 Å². The summed E-state index contributed by atoms with van der Waals surface area (Å²) < 4.78 is 42.9. The van der Waals surface area contributed by atoms with E-state index in [1.165, 1.54) is 45.2 Å². The molecule has 0 radical (unpaired) electrons. The first-order chi connectivity index (χ1) is 25.8. The van der Waals surface area contributed by atoms with Crippen molar-refractivity contribution >= 4 is 59.9 Å². The number of halogens is 3. The lowest BCUT2D eigenvalue weighted by Gasteiger charge is -2.19. The Labute approximate surface area is 305 Å². The monoisotopic (exact) mass is 690 g/mol. The summed E-state index contributed by atoms with van der Waals surface area (Å²) in [5.74, 6) is 0. The number of fused-ring (bicyclic) bond motifs is 8. The predicted octanol–water partition coefficient (Wildman–Crippen LogP) is 14.7. The van der Waals surface area contributed by atoms with Gasteiger partial charge in [-0.25, -0.2) is 0 Å². The second-order valence-electron chi connectivity index (χ2n) is 14.3. The molecule has 0 saturated heterocycles. The third kappa shape index (κ3) is 5.22. The number of alkyl halides is 3. The minimum atomic E-state index is -4.47. The first kappa shape index (κ1) is 31.5. The van der Waals surface area contributed by atoms with E-state index in [9.17, 15) is 13.2 Å². The van der Waals surface area contributed by atoms with Crippen LogP contribution in [-0.4, -0.2) is 0 Å². The van der Waals surface area contributed by atoms with Crippen LogP contribution < -0.4 is 0 Å². The van der Waals surface area contributed by atoms with Gasteiger partial charge in [0.25, 0.3) is 0 Å². The number of benzene rings is 9. The SMILES string of the molecule is Cc1c(-c2ccc3c(c2)c(-c2ccc4c(c2)C=CCC4)cc2c4ccc(C(F)(F)F)cc4c(-c4ccc5ccccc5c4)cc32)ccc2ccccc12. The van der Waals surface area contributed by atoms with Crippen LogP contribution in [0.4, 0.5) is 13.2 Å². The molecule has 0 saturated carbocycles. The number of hydrogen-bond acceptors (Lipinski definition) is 0. The van der Waals surface area contributed by atoms with Gasteiger partial charge in [-0.2, -0.15) is 13.2 Å². The standard InChI is InChI=1S/C50H33F3/c1-30-40-13-7-6-10-33(40)18-21-41(30)38-19-22-42-46(26-38)44(36-16-14-31-8-2-4-11-34(31)24-36)28-49-43-23-20-39(50(51,52)53)27-47(43)45(29-48(42)49)37-17-15-32-9-3-5-12-35(32)25-37/h3-7,9-29H,2,8H2,1H3. The highest BCUT2D eigenvalue weighted by Gasteiger charge is 2.31. The van der Waals surface area contributed by atoms with Crippen molar-refractivity contribution in [3.8, 4) is 33.4 Å². The third-order valence-electron chi connectivity index (χ3n) is 11.3. The van der Waals surface area contributed by atoms with Crippen LogP contribution in [0.2, 0.25) is 0 Å². The maximum atomic E-state index is 14.3. The van der Waals surface area contributed by atoms with Gasteiger partial charge in [-0.15, -0.1) is 0 Å². The fourth-order valence-electron chi connectivity index (χ4n) is 8.56. The van der Waals surface area contributed by atoms with Crippen molar-refractivity contribution in [3.05, 3.63) is 174 Å². The van der Waals surface area contributed by atoms with Crippen LogP contribution in [0.5, 0.6) is 0 Å². The van der Waals surface area contributed by atoms with E-state index in [1.54, 1.807) is 6.07 Å². The second-order valence-corrected chi connectivity index (χ2v) is 14.3. The highest BCUT2D eigenvalue weighted by Crippen LogP contribution is 2.45. The van der Waals surface area contributed by atoms with Gasteiger partial charge in [0.05, 0.1) is 5.56 Å². The first-order valence-electron chi connectivity index (χ1n) is 18.1. The molecule has 0 aromatic heterocycles. The predicted molar refractivity (Wildman–Crippen MR) is 217 cm³/mol. The summed E-state index contributed by atoms with van der Waals surface area (Å²) in [5, 5.41) is 10.1. The number of aryl methyl sites for hydroxylation is 2. The first-order valence-corrected chi connectivity index (χ1v) is 18.1. The summed E-state index contributed by atoms with van der Waals surface area (Å²) >= 11 is 0. The molecule has 0 amide bonds. The molecule has 0 N–H and O–H groups in total. The lowest BCUT2D eigenvalue weighted by Crippen LogP contribution is -2.04. The molecule has 0 aliphatic heterocycles. The van der Waals surface area contributed by atoms with Gasteiger partial charge in [0.2, 0.25) is 0 Å². The molecule has 1 aliphatic carbocycles. The lowest BCUT2D eigenvalue weighted by atomic mass is 9.85. The zero-order valence-electron chi connectivity index (χ0n) is 29.1. The molecule has 0 heterocycles. The summed E-state index contributed by atoms with van der Waals surface area (Å²) in [7, 11) is 0. The maximum Gasteiger partial charge on any atom is 0.416 e. The number of allylic oxidation sites excluding steroid dienone is 1. The van der Waals surface area contributed by atoms with Gasteiger partial charge in [0, 0.05) is 0 Å². The Bertz CT molecular complexity index is 3000. The molecule has 0 atom stereocenters. The number of hydrogen-bond donors (Lipinski definition) is 0. The molecule has 254 valence electrons. The van der Waals surface area contributed by atoms with Crippen LogP contribution in [0.1, 0.15) is 28.7 Å². The average molecular weight is 691 g/mol. The molecule has 9 aromatic carbocycles. The van der Waals surface area contributed by atoms with Gasteiger partial charge in [-0.3, -0.25) is 0 Å². The van der Waals surface area contributed by atoms with Crippen molar-refractivity contribution in [3.63, 3.8) is 0 Å². The normalized spacial score (nSPS) is 13.1. The van der Waals surface area contributed by atoms with Crippen LogP contribution >= 0.6 is 0 Å². The maximum absolute atomic E-state index is 14.3. The van der Waals surface area contributed by atoms with Crippen molar-refractivity contribution in [2.24, 2.45) is 0 Å². The molecule has 3 heteroatoms. The Morgan fingerprint density at radius 2 is 1.08 bits per heavy atom. The quantitative estimate of drug-likeness (QED) is 0.162. The molecule has 1 aliphatic rings. The van der Waals surface area contributed by atoms with Gasteiger partial charge in [0.1, 0.15) is 0 Å². The Morgan fingerprint density at radius 3 is 1.87 bits per heavy atom. The van der Waals surface area contributed by atoms with Crippen LogP contribution in [0.15, 0.2) is 152 Å². The van der Waals surface area contributed by atoms with E-state index >= 15 is 0 Å². The van der Waals surface area contributed by atoms with Gasteiger partial charge < -0.3 is 0 Å². The van der Waals surface area contributed by atoms with Crippen molar-refractivity contribution in [2.75, 3.05) is 0 Å². The molecular formula is C50H33F3. The van der Waals surface area contributed by atoms with E-state index in [4.69, 9.17) is 0 Å². The highest BCUT2D eigenvalue weighted by atomic mass is 19.4. The van der Waals surface area contributed by atoms with E-state index in [-0.39, 0.29) is 0 Å². The van der Waals surface area contributed by atoms with E-state index < -0.39 is 11.7 Å². The van der Waals surface area contributed by atoms with Gasteiger partial charge in [-0.1, -0.05) is 115 Å². The number of rotatable bonds is 3. The summed E-state index contributed by atoms with van der Waals surface area (Å²) in [6.07, 6.45) is 2.02. The Hall–Kier alpha value is -6.19. The van der Waals surface area contributed by atoms with Crippen LogP contribution in [-0.2, 0) is 12.6 Å². The van der Waals surface area contributed by atoms with Gasteiger partial charge >= 0.3 is 6.18 Å². The van der Waals surface area contributed by atoms with Crippen molar-refractivity contribution in [1.29, 1.82) is 0 Å². The average Bonchev–Trinajstić information content (AvgIpc) is 3.19. The van der Waals surface area contributed by atoms with Gasteiger partial charge in [0.15, 0.2) is 0 Å². The highest BCUT2D eigenvalue weighted by molar-refractivity contribution is 6.24. The molecule has 0 spiro atoms. The largest absolute Gasteiger partial charge is 0.416 e. The van der Waals surface area contributed by atoms with Crippen LogP contribution in [0, 0.1) is 6.92 Å². The van der Waals surface area contributed by atoms with E-state index in [0.717, 1.165) is 78.4 Å². The summed E-state index contributed by atoms with van der Waals surface area (Å²) in [6, 6.07) is 49.2. The van der Waals surface area contributed by atoms with Crippen molar-refractivity contribution < 1.29 is 13.2 Å². The topological polar surface area (TPSA) is 0 Å². The summed E-state index contributed by atoms with van der Waals surface area (Å²) in [5.41, 5.74) is 9.27. The van der Waals surface area contributed by atoms with Crippen LogP contribution in [0.25, 0.3) is 93.3 Å².